The SMILES string of the molecule is Cc1ccccc1C(=O)NC1CCN(C(=O)c2cc(Cl)ccc2Cl)CC1. The Hall–Kier alpha value is -2.04. The maximum absolute atomic E-state index is 12.7. The summed E-state index contributed by atoms with van der Waals surface area (Å²) in [5.74, 6) is -0.188. The van der Waals surface area contributed by atoms with E-state index in [1.165, 1.54) is 0 Å². The van der Waals surface area contributed by atoms with Crippen molar-refractivity contribution in [2.45, 2.75) is 25.8 Å². The van der Waals surface area contributed by atoms with Crippen molar-refractivity contribution in [1.29, 1.82) is 0 Å². The Kier molecular flexibility index (Phi) is 5.84. The van der Waals surface area contributed by atoms with Gasteiger partial charge in [0.25, 0.3) is 11.8 Å². The molecule has 0 radical (unpaired) electrons. The van der Waals surface area contributed by atoms with Crippen LogP contribution in [0.4, 0.5) is 0 Å². The molecule has 1 saturated heterocycles. The van der Waals surface area contributed by atoms with E-state index in [9.17, 15) is 9.59 Å². The highest BCUT2D eigenvalue weighted by Gasteiger charge is 2.26. The largest absolute Gasteiger partial charge is 0.349 e. The molecule has 3 rings (SSSR count). The Balaban J connectivity index is 1.59. The van der Waals surface area contributed by atoms with Gasteiger partial charge in [-0.25, -0.2) is 0 Å². The summed E-state index contributed by atoms with van der Waals surface area (Å²) in [5, 5.41) is 3.95. The number of hydrogen-bond donors (Lipinski definition) is 1. The van der Waals surface area contributed by atoms with Gasteiger partial charge in [-0.3, -0.25) is 9.59 Å². The number of halogens is 2. The molecule has 1 aliphatic heterocycles. The average Bonchev–Trinajstić information content (AvgIpc) is 2.64. The van der Waals surface area contributed by atoms with E-state index in [0.717, 1.165) is 5.56 Å². The van der Waals surface area contributed by atoms with Crippen molar-refractivity contribution in [3.05, 3.63) is 69.2 Å². The predicted molar refractivity (Wildman–Crippen MR) is 104 cm³/mol. The van der Waals surface area contributed by atoms with Crippen molar-refractivity contribution in [2.24, 2.45) is 0 Å². The molecule has 1 heterocycles. The molecule has 26 heavy (non-hydrogen) atoms. The molecule has 0 aliphatic carbocycles. The summed E-state index contributed by atoms with van der Waals surface area (Å²) >= 11 is 12.1. The standard InChI is InChI=1S/C20H20Cl2N2O2/c1-13-4-2-3-5-16(13)19(25)23-15-8-10-24(11-9-15)20(26)17-12-14(21)6-7-18(17)22/h2-7,12,15H,8-11H2,1H3,(H,23,25). The van der Waals surface area contributed by atoms with Crippen molar-refractivity contribution in [2.75, 3.05) is 13.1 Å². The van der Waals surface area contributed by atoms with Crippen LogP contribution in [0.2, 0.25) is 10.0 Å². The fraction of sp³-hybridized carbons (Fsp3) is 0.300. The number of amides is 2. The van der Waals surface area contributed by atoms with Crippen LogP contribution in [0.5, 0.6) is 0 Å². The molecule has 0 saturated carbocycles. The number of rotatable bonds is 3. The fourth-order valence-electron chi connectivity index (χ4n) is 3.15. The first kappa shape index (κ1) is 18.7. The quantitative estimate of drug-likeness (QED) is 0.847. The van der Waals surface area contributed by atoms with Crippen molar-refractivity contribution in [3.63, 3.8) is 0 Å². The molecule has 4 nitrogen and oxygen atoms in total. The second-order valence-electron chi connectivity index (χ2n) is 6.48. The fourth-order valence-corrected chi connectivity index (χ4v) is 3.52. The van der Waals surface area contributed by atoms with E-state index in [1.54, 1.807) is 23.1 Å². The van der Waals surface area contributed by atoms with Gasteiger partial charge in [-0.15, -0.1) is 0 Å². The molecule has 0 spiro atoms. The van der Waals surface area contributed by atoms with Crippen molar-refractivity contribution < 1.29 is 9.59 Å². The summed E-state index contributed by atoms with van der Waals surface area (Å²) in [7, 11) is 0. The molecule has 2 amide bonds. The van der Waals surface area contributed by atoms with E-state index in [4.69, 9.17) is 23.2 Å². The molecule has 0 bridgehead atoms. The predicted octanol–water partition coefficient (Wildman–Crippen LogP) is 4.34. The van der Waals surface area contributed by atoms with Crippen LogP contribution in [-0.2, 0) is 0 Å². The van der Waals surface area contributed by atoms with Gasteiger partial charge in [0, 0.05) is 29.7 Å². The molecule has 2 aromatic rings. The molecule has 0 aromatic heterocycles. The number of likely N-dealkylation sites (tertiary alicyclic amines) is 1. The van der Waals surface area contributed by atoms with E-state index in [1.807, 2.05) is 31.2 Å². The number of aryl methyl sites for hydroxylation is 1. The molecular formula is C20H20Cl2N2O2. The average molecular weight is 391 g/mol. The molecule has 136 valence electrons. The maximum Gasteiger partial charge on any atom is 0.255 e. The van der Waals surface area contributed by atoms with Crippen LogP contribution in [0, 0.1) is 6.92 Å². The van der Waals surface area contributed by atoms with E-state index in [2.05, 4.69) is 5.32 Å². The van der Waals surface area contributed by atoms with Crippen molar-refractivity contribution in [1.82, 2.24) is 10.2 Å². The van der Waals surface area contributed by atoms with E-state index in [-0.39, 0.29) is 17.9 Å². The smallest absolute Gasteiger partial charge is 0.255 e. The van der Waals surface area contributed by atoms with Crippen LogP contribution >= 0.6 is 23.2 Å². The number of nitrogens with zero attached hydrogens (tertiary/aromatic N) is 1. The minimum atomic E-state index is -0.124. The Morgan fingerprint density at radius 2 is 1.73 bits per heavy atom. The summed E-state index contributed by atoms with van der Waals surface area (Å²) in [5.41, 5.74) is 2.06. The van der Waals surface area contributed by atoms with Gasteiger partial charge < -0.3 is 10.2 Å². The van der Waals surface area contributed by atoms with Crippen LogP contribution < -0.4 is 5.32 Å². The first-order valence-corrected chi connectivity index (χ1v) is 9.32. The van der Waals surface area contributed by atoms with Crippen molar-refractivity contribution >= 4 is 35.0 Å². The van der Waals surface area contributed by atoms with Gasteiger partial charge in [-0.05, 0) is 49.6 Å². The number of nitrogens with one attached hydrogen (secondary N) is 1. The van der Waals surface area contributed by atoms with Gasteiger partial charge in [0.15, 0.2) is 0 Å². The molecule has 0 atom stereocenters. The Morgan fingerprint density at radius 3 is 2.42 bits per heavy atom. The Morgan fingerprint density at radius 1 is 1.04 bits per heavy atom. The molecule has 0 unspecified atom stereocenters. The highest BCUT2D eigenvalue weighted by Crippen LogP contribution is 2.23. The zero-order chi connectivity index (χ0) is 18.7. The first-order chi connectivity index (χ1) is 12.5. The van der Waals surface area contributed by atoms with Crippen molar-refractivity contribution in [3.8, 4) is 0 Å². The number of piperidine rings is 1. The zero-order valence-corrected chi connectivity index (χ0v) is 16.0. The molecule has 6 heteroatoms. The minimum absolute atomic E-state index is 0.0565. The number of carbonyl (C=O) groups is 2. The zero-order valence-electron chi connectivity index (χ0n) is 14.5. The lowest BCUT2D eigenvalue weighted by Gasteiger charge is -2.32. The number of hydrogen-bond acceptors (Lipinski definition) is 2. The number of benzene rings is 2. The van der Waals surface area contributed by atoms with Gasteiger partial charge in [-0.2, -0.15) is 0 Å². The lowest BCUT2D eigenvalue weighted by atomic mass is 10.0. The van der Waals surface area contributed by atoms with Crippen LogP contribution in [0.15, 0.2) is 42.5 Å². The second-order valence-corrected chi connectivity index (χ2v) is 7.32. The third kappa shape index (κ3) is 4.19. The monoisotopic (exact) mass is 390 g/mol. The minimum Gasteiger partial charge on any atom is -0.349 e. The van der Waals surface area contributed by atoms with E-state index in [0.29, 0.717) is 47.1 Å². The van der Waals surface area contributed by atoms with Crippen LogP contribution in [0.3, 0.4) is 0 Å². The highest BCUT2D eigenvalue weighted by molar-refractivity contribution is 6.35. The van der Waals surface area contributed by atoms with E-state index >= 15 is 0 Å². The molecular weight excluding hydrogens is 371 g/mol. The summed E-state index contributed by atoms with van der Waals surface area (Å²) in [6.07, 6.45) is 1.42. The summed E-state index contributed by atoms with van der Waals surface area (Å²) in [6.45, 7) is 3.06. The maximum atomic E-state index is 12.7. The first-order valence-electron chi connectivity index (χ1n) is 8.56. The third-order valence-corrected chi connectivity index (χ3v) is 5.23. The molecule has 1 N–H and O–H groups in total. The lowest BCUT2D eigenvalue weighted by molar-refractivity contribution is 0.0698. The lowest BCUT2D eigenvalue weighted by Crippen LogP contribution is -2.46. The van der Waals surface area contributed by atoms with Gasteiger partial charge >= 0.3 is 0 Å². The third-order valence-electron chi connectivity index (χ3n) is 4.67. The normalized spacial score (nSPS) is 15.0. The van der Waals surface area contributed by atoms with Gasteiger partial charge in [0.2, 0.25) is 0 Å². The van der Waals surface area contributed by atoms with Gasteiger partial charge in [0.1, 0.15) is 0 Å². The highest BCUT2D eigenvalue weighted by atomic mass is 35.5. The Labute approximate surface area is 163 Å². The second kappa shape index (κ2) is 8.11. The summed E-state index contributed by atoms with van der Waals surface area (Å²) in [6, 6.07) is 12.5. The number of carbonyl (C=O) groups excluding carboxylic acids is 2. The molecule has 1 fully saturated rings. The Bertz CT molecular complexity index is 830. The topological polar surface area (TPSA) is 49.4 Å². The van der Waals surface area contributed by atoms with Crippen LogP contribution in [-0.4, -0.2) is 35.8 Å². The molecule has 1 aliphatic rings. The summed E-state index contributed by atoms with van der Waals surface area (Å²) in [4.78, 5) is 26.9. The van der Waals surface area contributed by atoms with Crippen LogP contribution in [0.1, 0.15) is 39.1 Å². The molecule has 2 aromatic carbocycles. The van der Waals surface area contributed by atoms with Gasteiger partial charge in [-0.1, -0.05) is 41.4 Å². The van der Waals surface area contributed by atoms with E-state index < -0.39 is 0 Å². The van der Waals surface area contributed by atoms with Crippen LogP contribution in [0.25, 0.3) is 0 Å². The summed E-state index contributed by atoms with van der Waals surface area (Å²) < 4.78 is 0. The van der Waals surface area contributed by atoms with Gasteiger partial charge in [0.05, 0.1) is 10.6 Å².